The molecular weight excluding hydrogens is 306 g/mol. The van der Waals surface area contributed by atoms with Crippen LogP contribution in [-0.2, 0) is 27.5 Å². The predicted molar refractivity (Wildman–Crippen MR) is 77.9 cm³/mol. The van der Waals surface area contributed by atoms with Crippen LogP contribution in [0.5, 0.6) is 0 Å². The largest absolute Gasteiger partial charge is 0.480 e. The number of para-hydroxylation sites is 2. The molecule has 0 aliphatic carbocycles. The summed E-state index contributed by atoms with van der Waals surface area (Å²) in [5.41, 5.74) is 1.16. The molecule has 2 aromatic rings. The number of rotatable bonds is 8. The molecule has 0 atom stereocenters. The van der Waals surface area contributed by atoms with E-state index in [1.807, 2.05) is 0 Å². The van der Waals surface area contributed by atoms with Crippen molar-refractivity contribution in [1.29, 1.82) is 0 Å². The third-order valence-electron chi connectivity index (χ3n) is 3.11. The number of aromatic nitrogens is 2. The van der Waals surface area contributed by atoms with Gasteiger partial charge in [-0.15, -0.1) is 0 Å². The van der Waals surface area contributed by atoms with Crippen molar-refractivity contribution in [3.05, 3.63) is 30.1 Å². The summed E-state index contributed by atoms with van der Waals surface area (Å²) >= 11 is 0. The number of hydrogen-bond acceptors (Lipinski definition) is 5. The van der Waals surface area contributed by atoms with Gasteiger partial charge in [-0.1, -0.05) is 12.1 Å². The third-order valence-corrected chi connectivity index (χ3v) is 3.11. The fourth-order valence-corrected chi connectivity index (χ4v) is 2.31. The first-order chi connectivity index (χ1) is 10.9. The van der Waals surface area contributed by atoms with E-state index < -0.39 is 31.0 Å². The first-order valence-corrected chi connectivity index (χ1v) is 6.68. The topological polar surface area (TPSA) is 133 Å². The van der Waals surface area contributed by atoms with E-state index >= 15 is 0 Å². The minimum atomic E-state index is -1.17. The van der Waals surface area contributed by atoms with Crippen LogP contribution in [0.25, 0.3) is 11.0 Å². The minimum Gasteiger partial charge on any atom is -0.480 e. The third kappa shape index (κ3) is 4.27. The van der Waals surface area contributed by atoms with E-state index in [4.69, 9.17) is 15.3 Å². The quantitative estimate of drug-likeness (QED) is 0.623. The standard InChI is InChI=1S/C14H15N3O6/c18-12(19)6-16(7-13(20)21)5-11-15-9-3-1-2-4-10(9)17(11)8-14(22)23/h1-4H,5-8H2,(H,18,19)(H,20,21)(H,22,23). The number of aliphatic carboxylic acids is 3. The van der Waals surface area contributed by atoms with Crippen LogP contribution in [0.4, 0.5) is 0 Å². The highest BCUT2D eigenvalue weighted by molar-refractivity contribution is 5.78. The zero-order chi connectivity index (χ0) is 17.0. The molecule has 0 bridgehead atoms. The molecule has 0 saturated heterocycles. The zero-order valence-electron chi connectivity index (χ0n) is 12.0. The Kier molecular flexibility index (Phi) is 4.91. The van der Waals surface area contributed by atoms with Crippen molar-refractivity contribution < 1.29 is 29.7 Å². The van der Waals surface area contributed by atoms with Gasteiger partial charge in [0.15, 0.2) is 0 Å². The monoisotopic (exact) mass is 321 g/mol. The summed E-state index contributed by atoms with van der Waals surface area (Å²) < 4.78 is 1.44. The molecule has 3 N–H and O–H groups in total. The molecule has 1 aromatic heterocycles. The van der Waals surface area contributed by atoms with Crippen LogP contribution in [0, 0.1) is 0 Å². The molecule has 0 aliphatic rings. The van der Waals surface area contributed by atoms with Gasteiger partial charge in [-0.05, 0) is 12.1 Å². The van der Waals surface area contributed by atoms with Crippen LogP contribution in [0.3, 0.4) is 0 Å². The number of carbonyl (C=O) groups is 3. The Balaban J connectivity index is 2.37. The summed E-state index contributed by atoms with van der Waals surface area (Å²) in [4.78, 5) is 38.2. The molecule has 9 nitrogen and oxygen atoms in total. The van der Waals surface area contributed by atoms with Crippen LogP contribution in [0.15, 0.2) is 24.3 Å². The Morgan fingerprint density at radius 2 is 1.61 bits per heavy atom. The van der Waals surface area contributed by atoms with Gasteiger partial charge >= 0.3 is 17.9 Å². The van der Waals surface area contributed by atoms with Gasteiger partial charge in [0.25, 0.3) is 0 Å². The molecule has 0 unspecified atom stereocenters. The number of fused-ring (bicyclic) bond motifs is 1. The lowest BCUT2D eigenvalue weighted by Gasteiger charge is -2.18. The number of carboxylic acids is 3. The molecule has 9 heteroatoms. The van der Waals surface area contributed by atoms with Gasteiger partial charge in [-0.2, -0.15) is 0 Å². The van der Waals surface area contributed by atoms with E-state index in [1.165, 1.54) is 9.47 Å². The highest BCUT2D eigenvalue weighted by Crippen LogP contribution is 2.17. The van der Waals surface area contributed by atoms with Crippen LogP contribution < -0.4 is 0 Å². The Hall–Kier alpha value is -2.94. The summed E-state index contributed by atoms with van der Waals surface area (Å²) in [6.45, 7) is -1.39. The van der Waals surface area contributed by atoms with E-state index in [0.29, 0.717) is 16.9 Å². The molecule has 0 saturated carbocycles. The van der Waals surface area contributed by atoms with Crippen LogP contribution in [-0.4, -0.2) is 60.8 Å². The molecule has 0 spiro atoms. The normalized spacial score (nSPS) is 11.0. The van der Waals surface area contributed by atoms with E-state index in [-0.39, 0.29) is 13.1 Å². The predicted octanol–water partition coefficient (Wildman–Crippen LogP) is 0.0921. The molecular formula is C14H15N3O6. The fourth-order valence-electron chi connectivity index (χ4n) is 2.31. The molecule has 0 aliphatic heterocycles. The maximum Gasteiger partial charge on any atom is 0.323 e. The maximum absolute atomic E-state index is 11.1. The van der Waals surface area contributed by atoms with Gasteiger partial charge in [0.1, 0.15) is 12.4 Å². The summed E-state index contributed by atoms with van der Waals surface area (Å²) in [6, 6.07) is 6.89. The summed E-state index contributed by atoms with van der Waals surface area (Å²) in [5, 5.41) is 26.8. The number of imidazole rings is 1. The van der Waals surface area contributed by atoms with Gasteiger partial charge in [-0.3, -0.25) is 19.3 Å². The number of carboxylic acid groups (broad SMARTS) is 3. The summed E-state index contributed by atoms with van der Waals surface area (Å²) in [5.74, 6) is -3.12. The van der Waals surface area contributed by atoms with Crippen molar-refractivity contribution in [1.82, 2.24) is 14.5 Å². The highest BCUT2D eigenvalue weighted by atomic mass is 16.4. The lowest BCUT2D eigenvalue weighted by atomic mass is 10.3. The Bertz CT molecular complexity index is 738. The first-order valence-electron chi connectivity index (χ1n) is 6.68. The van der Waals surface area contributed by atoms with E-state index in [2.05, 4.69) is 4.98 Å². The Morgan fingerprint density at radius 1 is 1.00 bits per heavy atom. The number of hydrogen-bond donors (Lipinski definition) is 3. The zero-order valence-corrected chi connectivity index (χ0v) is 12.0. The van der Waals surface area contributed by atoms with E-state index in [0.717, 1.165) is 0 Å². The van der Waals surface area contributed by atoms with Gasteiger partial charge < -0.3 is 19.9 Å². The van der Waals surface area contributed by atoms with E-state index in [9.17, 15) is 14.4 Å². The minimum absolute atomic E-state index is 0.0828. The molecule has 23 heavy (non-hydrogen) atoms. The molecule has 0 radical (unpaired) electrons. The van der Waals surface area contributed by atoms with Gasteiger partial charge in [-0.25, -0.2) is 4.98 Å². The maximum atomic E-state index is 11.1. The lowest BCUT2D eigenvalue weighted by Crippen LogP contribution is -2.35. The van der Waals surface area contributed by atoms with Crippen molar-refractivity contribution in [3.63, 3.8) is 0 Å². The fraction of sp³-hybridized carbons (Fsp3) is 0.286. The number of nitrogens with zero attached hydrogens (tertiary/aromatic N) is 3. The SMILES string of the molecule is O=C(O)CN(CC(=O)O)Cc1nc2ccccc2n1CC(=O)O. The number of benzene rings is 1. The van der Waals surface area contributed by atoms with Crippen LogP contribution in [0.1, 0.15) is 5.82 Å². The van der Waals surface area contributed by atoms with Crippen LogP contribution >= 0.6 is 0 Å². The lowest BCUT2D eigenvalue weighted by molar-refractivity contribution is -0.142. The molecule has 0 fully saturated rings. The van der Waals surface area contributed by atoms with Crippen molar-refractivity contribution in [2.75, 3.05) is 13.1 Å². The van der Waals surface area contributed by atoms with Gasteiger partial charge in [0.05, 0.1) is 30.7 Å². The van der Waals surface area contributed by atoms with Gasteiger partial charge in [0.2, 0.25) is 0 Å². The second-order valence-corrected chi connectivity index (χ2v) is 4.93. The Morgan fingerprint density at radius 3 is 2.17 bits per heavy atom. The van der Waals surface area contributed by atoms with Crippen molar-refractivity contribution >= 4 is 28.9 Å². The van der Waals surface area contributed by atoms with E-state index in [1.54, 1.807) is 24.3 Å². The first kappa shape index (κ1) is 16.4. The van der Waals surface area contributed by atoms with Crippen molar-refractivity contribution in [2.45, 2.75) is 13.1 Å². The van der Waals surface area contributed by atoms with Crippen molar-refractivity contribution in [3.8, 4) is 0 Å². The average Bonchev–Trinajstić information content (AvgIpc) is 2.75. The average molecular weight is 321 g/mol. The second-order valence-electron chi connectivity index (χ2n) is 4.93. The molecule has 1 heterocycles. The Labute approximate surface area is 130 Å². The summed E-state index contributed by atoms with van der Waals surface area (Å²) in [6.07, 6.45) is 0. The second kappa shape index (κ2) is 6.88. The van der Waals surface area contributed by atoms with Crippen molar-refractivity contribution in [2.24, 2.45) is 0 Å². The molecule has 2 rings (SSSR count). The molecule has 0 amide bonds. The summed E-state index contributed by atoms with van der Waals surface area (Å²) in [7, 11) is 0. The van der Waals surface area contributed by atoms with Crippen LogP contribution in [0.2, 0.25) is 0 Å². The highest BCUT2D eigenvalue weighted by Gasteiger charge is 2.19. The van der Waals surface area contributed by atoms with Gasteiger partial charge in [0, 0.05) is 0 Å². The smallest absolute Gasteiger partial charge is 0.323 e. The molecule has 1 aromatic carbocycles. The molecule has 122 valence electrons.